The number of carbonyl (C=O) groups is 2. The number of nitrogens with one attached hydrogen (secondary N) is 1. The molecule has 7 nitrogen and oxygen atoms in total. The summed E-state index contributed by atoms with van der Waals surface area (Å²) in [6, 6.07) is 0. The molecule has 0 radical (unpaired) electrons. The van der Waals surface area contributed by atoms with Gasteiger partial charge in [-0.25, -0.2) is 12.7 Å². The molecule has 1 aliphatic rings. The fourth-order valence-corrected chi connectivity index (χ4v) is 3.03. The summed E-state index contributed by atoms with van der Waals surface area (Å²) in [7, 11) is -3.17. The second kappa shape index (κ2) is 6.14. The molecule has 1 fully saturated rings. The molecule has 1 aliphatic heterocycles. The molecule has 18 heavy (non-hydrogen) atoms. The quantitative estimate of drug-likeness (QED) is 0.647. The minimum absolute atomic E-state index is 0.0749. The molecule has 104 valence electrons. The fraction of sp³-hybridized carbons (Fsp3) is 0.800. The number of hydrogen-bond donors (Lipinski definition) is 2. The molecular weight excluding hydrogens is 258 g/mol. The lowest BCUT2D eigenvalue weighted by atomic mass is 9.97. The van der Waals surface area contributed by atoms with E-state index in [0.717, 1.165) is 0 Å². The van der Waals surface area contributed by atoms with Gasteiger partial charge in [0.25, 0.3) is 0 Å². The molecule has 3 N–H and O–H groups in total. The molecule has 0 atom stereocenters. The standard InChI is InChI=1S/C10H19N3O4S/c1-2-18(16,17)13-5-3-8(4-6-13)10(15)12-7-9(11)14/h8H,2-7H2,1H3,(H2,11,14)(H,12,15). The first-order chi connectivity index (χ1) is 8.36. The lowest BCUT2D eigenvalue weighted by Gasteiger charge is -2.30. The van der Waals surface area contributed by atoms with Crippen molar-refractivity contribution in [3.8, 4) is 0 Å². The maximum Gasteiger partial charge on any atom is 0.236 e. The van der Waals surface area contributed by atoms with Gasteiger partial charge in [0.2, 0.25) is 21.8 Å². The summed E-state index contributed by atoms with van der Waals surface area (Å²) in [6.07, 6.45) is 0.952. The van der Waals surface area contributed by atoms with Gasteiger partial charge in [-0.3, -0.25) is 9.59 Å². The lowest BCUT2D eigenvalue weighted by molar-refractivity contribution is -0.128. The third-order valence-electron chi connectivity index (χ3n) is 3.02. The molecule has 0 saturated carbocycles. The maximum absolute atomic E-state index is 11.6. The predicted molar refractivity (Wildman–Crippen MR) is 66.0 cm³/mol. The number of rotatable bonds is 5. The Balaban J connectivity index is 2.44. The monoisotopic (exact) mass is 277 g/mol. The van der Waals surface area contributed by atoms with E-state index < -0.39 is 15.9 Å². The third-order valence-corrected chi connectivity index (χ3v) is 4.90. The summed E-state index contributed by atoms with van der Waals surface area (Å²) < 4.78 is 24.6. The summed E-state index contributed by atoms with van der Waals surface area (Å²) in [4.78, 5) is 22.2. The lowest BCUT2D eigenvalue weighted by Crippen LogP contribution is -2.44. The van der Waals surface area contributed by atoms with Crippen LogP contribution in [0.4, 0.5) is 0 Å². The number of nitrogens with two attached hydrogens (primary N) is 1. The average Bonchev–Trinajstić information content (AvgIpc) is 2.36. The summed E-state index contributed by atoms with van der Waals surface area (Å²) in [6.45, 7) is 2.13. The van der Waals surface area contributed by atoms with Crippen LogP contribution in [0.25, 0.3) is 0 Å². The summed E-state index contributed by atoms with van der Waals surface area (Å²) >= 11 is 0. The second-order valence-electron chi connectivity index (χ2n) is 4.26. The van der Waals surface area contributed by atoms with E-state index in [0.29, 0.717) is 25.9 Å². The van der Waals surface area contributed by atoms with Crippen molar-refractivity contribution >= 4 is 21.8 Å². The van der Waals surface area contributed by atoms with Crippen molar-refractivity contribution in [3.63, 3.8) is 0 Å². The summed E-state index contributed by atoms with van der Waals surface area (Å²) in [5, 5.41) is 2.44. The van der Waals surface area contributed by atoms with Crippen molar-refractivity contribution in [2.24, 2.45) is 11.7 Å². The first-order valence-electron chi connectivity index (χ1n) is 5.90. The van der Waals surface area contributed by atoms with Crippen LogP contribution in [-0.4, -0.2) is 49.9 Å². The number of carbonyl (C=O) groups excluding carboxylic acids is 2. The Hall–Kier alpha value is -1.15. The number of hydrogen-bond acceptors (Lipinski definition) is 4. The van der Waals surface area contributed by atoms with Crippen molar-refractivity contribution in [1.82, 2.24) is 9.62 Å². The molecule has 0 spiro atoms. The molecule has 0 bridgehead atoms. The van der Waals surface area contributed by atoms with Crippen LogP contribution in [-0.2, 0) is 19.6 Å². The summed E-state index contributed by atoms with van der Waals surface area (Å²) in [5.41, 5.74) is 4.93. The van der Waals surface area contributed by atoms with Crippen molar-refractivity contribution in [3.05, 3.63) is 0 Å². The van der Waals surface area contributed by atoms with E-state index in [2.05, 4.69) is 5.32 Å². The van der Waals surface area contributed by atoms with Gasteiger partial charge in [-0.1, -0.05) is 0 Å². The number of primary amides is 1. The van der Waals surface area contributed by atoms with Crippen LogP contribution in [0.15, 0.2) is 0 Å². The molecule has 0 unspecified atom stereocenters. The molecule has 1 heterocycles. The van der Waals surface area contributed by atoms with Gasteiger partial charge in [0.05, 0.1) is 12.3 Å². The number of sulfonamides is 1. The van der Waals surface area contributed by atoms with E-state index in [1.165, 1.54) is 4.31 Å². The zero-order valence-electron chi connectivity index (χ0n) is 10.4. The molecule has 1 saturated heterocycles. The minimum atomic E-state index is -3.17. The van der Waals surface area contributed by atoms with Gasteiger partial charge in [0.15, 0.2) is 0 Å². The van der Waals surface area contributed by atoms with Crippen molar-refractivity contribution in [2.45, 2.75) is 19.8 Å². The van der Waals surface area contributed by atoms with E-state index in [1.54, 1.807) is 6.92 Å². The zero-order valence-corrected chi connectivity index (χ0v) is 11.2. The van der Waals surface area contributed by atoms with Crippen molar-refractivity contribution in [1.29, 1.82) is 0 Å². The molecule has 1 rings (SSSR count). The normalized spacial score (nSPS) is 18.5. The Kier molecular flexibility index (Phi) is 5.09. The molecule has 0 aromatic carbocycles. The van der Waals surface area contributed by atoms with E-state index in [9.17, 15) is 18.0 Å². The van der Waals surface area contributed by atoms with E-state index >= 15 is 0 Å². The van der Waals surface area contributed by atoms with Crippen LogP contribution < -0.4 is 11.1 Å². The van der Waals surface area contributed by atoms with Gasteiger partial charge >= 0.3 is 0 Å². The molecular formula is C10H19N3O4S. The van der Waals surface area contributed by atoms with Gasteiger partial charge in [-0.15, -0.1) is 0 Å². The molecule has 0 aromatic rings. The van der Waals surface area contributed by atoms with Crippen LogP contribution >= 0.6 is 0 Å². The Morgan fingerprint density at radius 3 is 2.33 bits per heavy atom. The number of piperidine rings is 1. The Labute approximate surface area is 107 Å². The van der Waals surface area contributed by atoms with Crippen LogP contribution in [0.5, 0.6) is 0 Å². The highest BCUT2D eigenvalue weighted by Crippen LogP contribution is 2.19. The van der Waals surface area contributed by atoms with Crippen LogP contribution in [0.1, 0.15) is 19.8 Å². The van der Waals surface area contributed by atoms with E-state index in [-0.39, 0.29) is 24.1 Å². The molecule has 8 heteroatoms. The maximum atomic E-state index is 11.6. The molecule has 2 amide bonds. The van der Waals surface area contributed by atoms with Gasteiger partial charge in [0.1, 0.15) is 0 Å². The van der Waals surface area contributed by atoms with Gasteiger partial charge in [-0.05, 0) is 19.8 Å². The van der Waals surface area contributed by atoms with Crippen molar-refractivity contribution in [2.75, 3.05) is 25.4 Å². The second-order valence-corrected chi connectivity index (χ2v) is 6.52. The highest BCUT2D eigenvalue weighted by Gasteiger charge is 2.29. The van der Waals surface area contributed by atoms with Crippen LogP contribution in [0.2, 0.25) is 0 Å². The fourth-order valence-electron chi connectivity index (χ4n) is 1.90. The SMILES string of the molecule is CCS(=O)(=O)N1CCC(C(=O)NCC(N)=O)CC1. The predicted octanol–water partition coefficient (Wildman–Crippen LogP) is -1.35. The Morgan fingerprint density at radius 2 is 1.89 bits per heavy atom. The van der Waals surface area contributed by atoms with Crippen LogP contribution in [0.3, 0.4) is 0 Å². The molecule has 0 aromatic heterocycles. The highest BCUT2D eigenvalue weighted by molar-refractivity contribution is 7.89. The number of amides is 2. The average molecular weight is 277 g/mol. The Morgan fingerprint density at radius 1 is 1.33 bits per heavy atom. The van der Waals surface area contributed by atoms with E-state index in [4.69, 9.17) is 5.73 Å². The first kappa shape index (κ1) is 14.9. The van der Waals surface area contributed by atoms with Crippen molar-refractivity contribution < 1.29 is 18.0 Å². The highest BCUT2D eigenvalue weighted by atomic mass is 32.2. The zero-order chi connectivity index (χ0) is 13.8. The van der Waals surface area contributed by atoms with Gasteiger partial charge in [-0.2, -0.15) is 0 Å². The smallest absolute Gasteiger partial charge is 0.236 e. The van der Waals surface area contributed by atoms with Crippen LogP contribution in [0, 0.1) is 5.92 Å². The first-order valence-corrected chi connectivity index (χ1v) is 7.51. The minimum Gasteiger partial charge on any atom is -0.368 e. The van der Waals surface area contributed by atoms with Gasteiger partial charge in [0, 0.05) is 19.0 Å². The molecule has 0 aliphatic carbocycles. The third kappa shape index (κ3) is 3.95. The number of nitrogens with zero attached hydrogens (tertiary/aromatic N) is 1. The Bertz CT molecular complexity index is 413. The van der Waals surface area contributed by atoms with E-state index in [1.807, 2.05) is 0 Å². The largest absolute Gasteiger partial charge is 0.368 e. The summed E-state index contributed by atoms with van der Waals surface area (Å²) in [5.74, 6) is -0.990. The topological polar surface area (TPSA) is 110 Å². The van der Waals surface area contributed by atoms with Gasteiger partial charge < -0.3 is 11.1 Å².